The number of rotatable bonds is 8. The molecule has 0 aromatic heterocycles. The first-order valence-electron chi connectivity index (χ1n) is 10.2. The van der Waals surface area contributed by atoms with E-state index in [9.17, 15) is 0 Å². The van der Waals surface area contributed by atoms with Gasteiger partial charge in [0.05, 0.1) is 27.9 Å². The Balaban J connectivity index is 1.57. The van der Waals surface area contributed by atoms with Gasteiger partial charge in [-0.1, -0.05) is 58.4 Å². The molecule has 1 aliphatic rings. The summed E-state index contributed by atoms with van der Waals surface area (Å²) in [5.41, 5.74) is 4.23. The third kappa shape index (κ3) is 4.76. The third-order valence-electron chi connectivity index (χ3n) is 5.34. The maximum absolute atomic E-state index is 6.05. The number of fused-ring (bicyclic) bond motifs is 1. The minimum Gasteiger partial charge on any atom is -0.493 e. The molecule has 6 heteroatoms. The highest BCUT2D eigenvalue weighted by atomic mass is 79.9. The largest absolute Gasteiger partial charge is 0.493 e. The Hall–Kier alpha value is -2.96. The van der Waals surface area contributed by atoms with E-state index in [-0.39, 0.29) is 6.10 Å². The zero-order valence-corrected chi connectivity index (χ0v) is 19.8. The molecule has 0 saturated carbocycles. The van der Waals surface area contributed by atoms with Crippen LogP contribution in [0.1, 0.15) is 28.4 Å². The Morgan fingerprint density at radius 3 is 2.31 bits per heavy atom. The van der Waals surface area contributed by atoms with Crippen LogP contribution in [-0.4, -0.2) is 21.3 Å². The van der Waals surface area contributed by atoms with Gasteiger partial charge in [-0.2, -0.15) is 0 Å². The van der Waals surface area contributed by atoms with E-state index in [1.807, 2.05) is 66.7 Å². The van der Waals surface area contributed by atoms with Crippen molar-refractivity contribution >= 4 is 22.0 Å². The smallest absolute Gasteiger partial charge is 0.162 e. The number of benzene rings is 3. The minimum absolute atomic E-state index is 0.174. The monoisotopic (exact) mass is 496 g/mol. The molecule has 1 aliphatic heterocycles. The maximum Gasteiger partial charge on any atom is 0.162 e. The Morgan fingerprint density at radius 2 is 1.59 bits per heavy atom. The molecule has 0 spiro atoms. The Labute approximate surface area is 196 Å². The fraction of sp³-hybridized carbons (Fsp3) is 0.231. The fourth-order valence-electron chi connectivity index (χ4n) is 3.63. The summed E-state index contributed by atoms with van der Waals surface area (Å²) in [5.74, 6) is 2.75. The van der Waals surface area contributed by atoms with Gasteiger partial charge in [-0.15, -0.1) is 0 Å². The second kappa shape index (κ2) is 10.1. The van der Waals surface area contributed by atoms with Gasteiger partial charge in [-0.3, -0.25) is 0 Å². The second-order valence-electron chi connectivity index (χ2n) is 7.30. The molecule has 1 atom stereocenters. The van der Waals surface area contributed by atoms with Crippen LogP contribution in [0.5, 0.6) is 23.0 Å². The van der Waals surface area contributed by atoms with Crippen LogP contribution in [0.2, 0.25) is 0 Å². The van der Waals surface area contributed by atoms with Crippen LogP contribution in [0.4, 0.5) is 0 Å². The molecule has 166 valence electrons. The highest BCUT2D eigenvalue weighted by molar-refractivity contribution is 9.10. The van der Waals surface area contributed by atoms with Crippen molar-refractivity contribution in [1.82, 2.24) is 0 Å². The fourth-order valence-corrected chi connectivity index (χ4v) is 4.09. The number of methoxy groups -OCH3 is 3. The van der Waals surface area contributed by atoms with Crippen LogP contribution in [0, 0.1) is 0 Å². The number of hydrogen-bond donors (Lipinski definition) is 0. The van der Waals surface area contributed by atoms with Crippen LogP contribution in [0.25, 0.3) is 6.08 Å². The van der Waals surface area contributed by atoms with E-state index < -0.39 is 0 Å². The van der Waals surface area contributed by atoms with E-state index in [0.717, 1.165) is 26.7 Å². The number of hydrogen-bond acceptors (Lipinski definition) is 5. The zero-order chi connectivity index (χ0) is 22.5. The molecule has 0 fully saturated rings. The molecule has 3 aromatic rings. The van der Waals surface area contributed by atoms with Crippen molar-refractivity contribution in [2.75, 3.05) is 21.3 Å². The van der Waals surface area contributed by atoms with Crippen LogP contribution in [-0.2, 0) is 18.0 Å². The third-order valence-corrected chi connectivity index (χ3v) is 6.03. The average Bonchev–Trinajstić information content (AvgIpc) is 3.23. The highest BCUT2D eigenvalue weighted by Gasteiger charge is 2.24. The molecule has 0 bridgehead atoms. The molecular weight excluding hydrogens is 472 g/mol. The van der Waals surface area contributed by atoms with Crippen LogP contribution >= 0.6 is 15.9 Å². The van der Waals surface area contributed by atoms with Crippen LogP contribution in [0.15, 0.2) is 65.1 Å². The second-order valence-corrected chi connectivity index (χ2v) is 8.15. The topological polar surface area (TPSA) is 46.2 Å². The van der Waals surface area contributed by atoms with Gasteiger partial charge in [0, 0.05) is 4.47 Å². The van der Waals surface area contributed by atoms with Crippen LogP contribution < -0.4 is 18.9 Å². The van der Waals surface area contributed by atoms with Crippen molar-refractivity contribution < 1.29 is 23.7 Å². The molecule has 0 N–H and O–H groups in total. The first kappa shape index (κ1) is 22.2. The lowest BCUT2D eigenvalue weighted by atomic mass is 10.0. The first-order chi connectivity index (χ1) is 15.6. The molecule has 5 nitrogen and oxygen atoms in total. The lowest BCUT2D eigenvalue weighted by Crippen LogP contribution is -1.98. The van der Waals surface area contributed by atoms with Gasteiger partial charge in [0.15, 0.2) is 23.0 Å². The SMILES string of the molecule is COc1cc2c(cc1OC)C(/C=C/c1cc(OCc3ccccc3)c(OC)cc1Br)OC2. The van der Waals surface area contributed by atoms with Gasteiger partial charge in [-0.25, -0.2) is 0 Å². The molecule has 1 unspecified atom stereocenters. The van der Waals surface area contributed by atoms with Crippen LogP contribution in [0.3, 0.4) is 0 Å². The summed E-state index contributed by atoms with van der Waals surface area (Å²) in [5, 5.41) is 0. The summed E-state index contributed by atoms with van der Waals surface area (Å²) in [4.78, 5) is 0. The van der Waals surface area contributed by atoms with Crippen molar-refractivity contribution in [2.24, 2.45) is 0 Å². The predicted molar refractivity (Wildman–Crippen MR) is 128 cm³/mol. The van der Waals surface area contributed by atoms with Crippen molar-refractivity contribution in [3.63, 3.8) is 0 Å². The molecule has 0 saturated heterocycles. The average molecular weight is 497 g/mol. The van der Waals surface area contributed by atoms with Gasteiger partial charge < -0.3 is 23.7 Å². The van der Waals surface area contributed by atoms with E-state index in [1.54, 1.807) is 21.3 Å². The van der Waals surface area contributed by atoms with E-state index in [0.29, 0.717) is 36.2 Å². The number of ether oxygens (including phenoxy) is 5. The van der Waals surface area contributed by atoms with Gasteiger partial charge in [0.2, 0.25) is 0 Å². The van der Waals surface area contributed by atoms with Gasteiger partial charge in [-0.05, 0) is 46.5 Å². The summed E-state index contributed by atoms with van der Waals surface area (Å²) in [7, 11) is 4.91. The Morgan fingerprint density at radius 1 is 0.906 bits per heavy atom. The molecule has 0 amide bonds. The Bertz CT molecular complexity index is 1110. The van der Waals surface area contributed by atoms with E-state index >= 15 is 0 Å². The van der Waals surface area contributed by atoms with Crippen molar-refractivity contribution in [3.8, 4) is 23.0 Å². The summed E-state index contributed by atoms with van der Waals surface area (Å²) in [6, 6.07) is 17.9. The molecule has 3 aromatic carbocycles. The summed E-state index contributed by atoms with van der Waals surface area (Å²) >= 11 is 3.64. The van der Waals surface area contributed by atoms with Crippen molar-refractivity contribution in [1.29, 1.82) is 0 Å². The minimum atomic E-state index is -0.174. The van der Waals surface area contributed by atoms with Gasteiger partial charge in [0.1, 0.15) is 12.7 Å². The molecule has 0 aliphatic carbocycles. The molecule has 1 heterocycles. The highest BCUT2D eigenvalue weighted by Crippen LogP contribution is 2.40. The summed E-state index contributed by atoms with van der Waals surface area (Å²) in [6.07, 6.45) is 3.88. The van der Waals surface area contributed by atoms with E-state index in [1.165, 1.54) is 0 Å². The Kier molecular flexibility index (Phi) is 7.02. The predicted octanol–water partition coefficient (Wildman–Crippen LogP) is 6.34. The lowest BCUT2D eigenvalue weighted by molar-refractivity contribution is 0.0996. The number of halogens is 1. The molecule has 4 rings (SSSR count). The zero-order valence-electron chi connectivity index (χ0n) is 18.3. The standard InChI is InChI=1S/C26H25BrO5/c1-28-23-12-19-16-32-22(20(19)13-24(23)29-2)10-9-18-11-26(25(30-3)14-21(18)27)31-15-17-7-5-4-6-8-17/h4-14,22H,15-16H2,1-3H3/b10-9+. The van der Waals surface area contributed by atoms with Crippen molar-refractivity contribution in [2.45, 2.75) is 19.3 Å². The lowest BCUT2D eigenvalue weighted by Gasteiger charge is -2.14. The summed E-state index contributed by atoms with van der Waals surface area (Å²) in [6.45, 7) is 0.989. The van der Waals surface area contributed by atoms with E-state index in [2.05, 4.69) is 15.9 Å². The normalized spacial score (nSPS) is 14.9. The van der Waals surface area contributed by atoms with Gasteiger partial charge >= 0.3 is 0 Å². The van der Waals surface area contributed by atoms with E-state index in [4.69, 9.17) is 23.7 Å². The molecule has 0 radical (unpaired) electrons. The van der Waals surface area contributed by atoms with Gasteiger partial charge in [0.25, 0.3) is 0 Å². The molecule has 32 heavy (non-hydrogen) atoms. The van der Waals surface area contributed by atoms with Crippen molar-refractivity contribution in [3.05, 3.63) is 87.4 Å². The first-order valence-corrected chi connectivity index (χ1v) is 11.0. The molecular formula is C26H25BrO5. The quantitative estimate of drug-likeness (QED) is 0.364. The summed E-state index contributed by atoms with van der Waals surface area (Å²) < 4.78 is 29.3. The maximum atomic E-state index is 6.05.